The lowest BCUT2D eigenvalue weighted by molar-refractivity contribution is -0.142. The first kappa shape index (κ1) is 24.4. The fourth-order valence-electron chi connectivity index (χ4n) is 4.27. The van der Waals surface area contributed by atoms with Crippen LogP contribution >= 0.6 is 0 Å². The molecule has 1 atom stereocenters. The van der Waals surface area contributed by atoms with Crippen LogP contribution in [0.25, 0.3) is 10.9 Å². The van der Waals surface area contributed by atoms with Crippen LogP contribution in [0.1, 0.15) is 46.5 Å². The van der Waals surface area contributed by atoms with Crippen LogP contribution in [0.5, 0.6) is 0 Å². The quantitative estimate of drug-likeness (QED) is 0.377. The smallest absolute Gasteiger partial charge is 0.319 e. The van der Waals surface area contributed by atoms with Crippen molar-refractivity contribution in [1.29, 1.82) is 0 Å². The average molecular weight is 456 g/mol. The van der Waals surface area contributed by atoms with Crippen LogP contribution in [0.3, 0.4) is 0 Å². The van der Waals surface area contributed by atoms with Crippen molar-refractivity contribution in [3.63, 3.8) is 0 Å². The third-order valence-electron chi connectivity index (χ3n) is 5.99. The number of carbonyl (C=O) groups is 3. The minimum absolute atomic E-state index is 0.269. The third kappa shape index (κ3) is 6.41. The van der Waals surface area contributed by atoms with E-state index in [2.05, 4.69) is 15.6 Å². The van der Waals surface area contributed by atoms with E-state index in [-0.39, 0.29) is 12.5 Å². The van der Waals surface area contributed by atoms with Crippen LogP contribution in [-0.4, -0.2) is 52.1 Å². The fraction of sp³-hybridized carbons (Fsp3) is 0.500. The third-order valence-corrected chi connectivity index (χ3v) is 5.99. The summed E-state index contributed by atoms with van der Waals surface area (Å²) in [6.45, 7) is 5.71. The van der Waals surface area contributed by atoms with Crippen LogP contribution < -0.4 is 16.1 Å². The Bertz CT molecular complexity index is 993. The van der Waals surface area contributed by atoms with Gasteiger partial charge in [-0.2, -0.15) is 0 Å². The van der Waals surface area contributed by atoms with Crippen molar-refractivity contribution in [2.75, 3.05) is 18.4 Å². The number of hydrogen-bond acceptors (Lipinski definition) is 5. The maximum Gasteiger partial charge on any atom is 0.319 e. The van der Waals surface area contributed by atoms with Crippen LogP contribution in [0.15, 0.2) is 36.5 Å². The number of rotatable bonds is 7. The molecule has 1 saturated carbocycles. The second-order valence-corrected chi connectivity index (χ2v) is 9.68. The Morgan fingerprint density at radius 2 is 1.85 bits per heavy atom. The molecule has 0 bridgehead atoms. The molecule has 178 valence electrons. The molecule has 1 aliphatic rings. The fourth-order valence-corrected chi connectivity index (χ4v) is 4.27. The zero-order valence-electron chi connectivity index (χ0n) is 19.4. The molecule has 0 radical (unpaired) electrons. The average Bonchev–Trinajstić information content (AvgIpc) is 3.29. The summed E-state index contributed by atoms with van der Waals surface area (Å²) in [6.07, 6.45) is 5.84. The van der Waals surface area contributed by atoms with Crippen molar-refractivity contribution in [2.45, 2.75) is 52.5 Å². The van der Waals surface area contributed by atoms with Gasteiger partial charge in [-0.25, -0.2) is 10.3 Å². The van der Waals surface area contributed by atoms with Gasteiger partial charge in [0.15, 0.2) is 0 Å². The van der Waals surface area contributed by atoms with E-state index in [1.165, 1.54) is 4.90 Å². The van der Waals surface area contributed by atoms with Gasteiger partial charge in [-0.3, -0.25) is 19.8 Å². The van der Waals surface area contributed by atoms with E-state index < -0.39 is 23.4 Å². The van der Waals surface area contributed by atoms with E-state index in [0.717, 1.165) is 31.1 Å². The number of anilines is 1. The second kappa shape index (κ2) is 10.6. The minimum atomic E-state index is -0.881. The van der Waals surface area contributed by atoms with Gasteiger partial charge in [-0.15, -0.1) is 0 Å². The predicted octanol–water partition coefficient (Wildman–Crippen LogP) is 3.30. The van der Waals surface area contributed by atoms with Gasteiger partial charge >= 0.3 is 6.03 Å². The molecule has 4 amide bonds. The summed E-state index contributed by atoms with van der Waals surface area (Å²) in [7, 11) is 0. The second-order valence-electron chi connectivity index (χ2n) is 9.68. The van der Waals surface area contributed by atoms with Gasteiger partial charge in [0, 0.05) is 18.1 Å². The first-order chi connectivity index (χ1) is 15.7. The van der Waals surface area contributed by atoms with Crippen LogP contribution in [0.2, 0.25) is 0 Å². The van der Waals surface area contributed by atoms with Crippen LogP contribution in [0.4, 0.5) is 10.5 Å². The Morgan fingerprint density at radius 1 is 1.15 bits per heavy atom. The van der Waals surface area contributed by atoms with Gasteiger partial charge < -0.3 is 15.5 Å². The Hall–Kier alpha value is -3.20. The number of urea groups is 1. The van der Waals surface area contributed by atoms with Crippen molar-refractivity contribution < 1.29 is 19.6 Å². The van der Waals surface area contributed by atoms with Gasteiger partial charge in [0.2, 0.25) is 5.91 Å². The summed E-state index contributed by atoms with van der Waals surface area (Å²) in [4.78, 5) is 44.1. The molecule has 33 heavy (non-hydrogen) atoms. The summed E-state index contributed by atoms with van der Waals surface area (Å²) < 4.78 is 0. The standard InChI is InChI=1S/C24H33N5O4/c1-24(2,3)21(22(31)29(15-19(30)28-33)14-16-8-4-5-9-16)27-23(32)26-18-12-6-10-17-11-7-13-25-20(17)18/h6-7,10-13,16,21,33H,4-5,8-9,14-15H2,1-3H3,(H,28,30)(H2,26,27,32)/t21-/m1/s1. The number of nitrogens with one attached hydrogen (secondary N) is 3. The molecule has 0 spiro atoms. The molecule has 9 heteroatoms. The molecule has 1 aliphatic carbocycles. The van der Waals surface area contributed by atoms with Gasteiger partial charge in [-0.1, -0.05) is 51.8 Å². The number of pyridine rings is 1. The molecule has 0 aliphatic heterocycles. The predicted molar refractivity (Wildman–Crippen MR) is 126 cm³/mol. The molecular formula is C24H33N5O4. The van der Waals surface area contributed by atoms with E-state index >= 15 is 0 Å². The summed E-state index contributed by atoms with van der Waals surface area (Å²) >= 11 is 0. The molecular weight excluding hydrogens is 422 g/mol. The number of amides is 4. The topological polar surface area (TPSA) is 124 Å². The number of para-hydroxylation sites is 1. The first-order valence-electron chi connectivity index (χ1n) is 11.3. The van der Waals surface area contributed by atoms with Crippen molar-refractivity contribution in [2.24, 2.45) is 11.3 Å². The highest BCUT2D eigenvalue weighted by molar-refractivity contribution is 6.01. The lowest BCUT2D eigenvalue weighted by atomic mass is 9.85. The monoisotopic (exact) mass is 455 g/mol. The molecule has 1 heterocycles. The highest BCUT2D eigenvalue weighted by atomic mass is 16.5. The highest BCUT2D eigenvalue weighted by Crippen LogP contribution is 2.28. The maximum absolute atomic E-state index is 13.5. The zero-order chi connectivity index (χ0) is 24.0. The highest BCUT2D eigenvalue weighted by Gasteiger charge is 2.37. The Kier molecular flexibility index (Phi) is 7.86. The first-order valence-corrected chi connectivity index (χ1v) is 11.3. The van der Waals surface area contributed by atoms with Gasteiger partial charge in [0.25, 0.3) is 5.91 Å². The number of nitrogens with zero attached hydrogens (tertiary/aromatic N) is 2. The number of carbonyl (C=O) groups excluding carboxylic acids is 3. The minimum Gasteiger partial charge on any atom is -0.331 e. The molecule has 9 nitrogen and oxygen atoms in total. The van der Waals surface area contributed by atoms with Gasteiger partial charge in [-0.05, 0) is 36.3 Å². The summed E-state index contributed by atoms with van der Waals surface area (Å²) in [5.74, 6) is -0.721. The van der Waals surface area contributed by atoms with Crippen molar-refractivity contribution >= 4 is 34.4 Å². The molecule has 0 unspecified atom stereocenters. The number of hydrogen-bond donors (Lipinski definition) is 4. The van der Waals surface area contributed by atoms with Gasteiger partial charge in [0.1, 0.15) is 12.6 Å². The van der Waals surface area contributed by atoms with E-state index in [1.807, 2.05) is 45.0 Å². The number of aromatic nitrogens is 1. The van der Waals surface area contributed by atoms with E-state index in [9.17, 15) is 14.4 Å². The van der Waals surface area contributed by atoms with E-state index in [0.29, 0.717) is 23.7 Å². The number of fused-ring (bicyclic) bond motifs is 1. The molecule has 0 saturated heterocycles. The largest absolute Gasteiger partial charge is 0.331 e. The SMILES string of the molecule is CC(C)(C)[C@H](NC(=O)Nc1cccc2cccnc12)C(=O)N(CC(=O)NO)CC1CCCC1. The molecule has 1 aromatic carbocycles. The summed E-state index contributed by atoms with van der Waals surface area (Å²) in [5, 5.41) is 15.5. The summed E-state index contributed by atoms with van der Waals surface area (Å²) in [6, 6.07) is 7.79. The Morgan fingerprint density at radius 3 is 2.52 bits per heavy atom. The maximum atomic E-state index is 13.5. The lowest BCUT2D eigenvalue weighted by Gasteiger charge is -2.35. The molecule has 2 aromatic rings. The Balaban J connectivity index is 1.78. The molecule has 4 N–H and O–H groups in total. The Labute approximate surface area is 193 Å². The zero-order valence-corrected chi connectivity index (χ0v) is 19.4. The van der Waals surface area contributed by atoms with E-state index in [4.69, 9.17) is 5.21 Å². The van der Waals surface area contributed by atoms with Crippen LogP contribution in [0, 0.1) is 11.3 Å². The van der Waals surface area contributed by atoms with Crippen LogP contribution in [-0.2, 0) is 9.59 Å². The molecule has 1 aromatic heterocycles. The summed E-state index contributed by atoms with van der Waals surface area (Å²) in [5.41, 5.74) is 2.17. The number of benzene rings is 1. The van der Waals surface area contributed by atoms with Gasteiger partial charge in [0.05, 0.1) is 11.2 Å². The normalized spacial score (nSPS) is 15.2. The number of hydroxylamine groups is 1. The van der Waals surface area contributed by atoms with E-state index in [1.54, 1.807) is 17.7 Å². The lowest BCUT2D eigenvalue weighted by Crippen LogP contribution is -2.57. The molecule has 1 fully saturated rings. The van der Waals surface area contributed by atoms with Crippen molar-refractivity contribution in [3.05, 3.63) is 36.5 Å². The van der Waals surface area contributed by atoms with Crippen molar-refractivity contribution in [1.82, 2.24) is 20.7 Å². The molecule has 3 rings (SSSR count). The van der Waals surface area contributed by atoms with Crippen molar-refractivity contribution in [3.8, 4) is 0 Å².